The molecule has 0 aliphatic heterocycles. The minimum Gasteiger partial charge on any atom is -0.466 e. The molecule has 0 aliphatic carbocycles. The van der Waals surface area contributed by atoms with Crippen molar-refractivity contribution < 1.29 is 24.5 Å². The van der Waals surface area contributed by atoms with E-state index in [1.807, 2.05) is 0 Å². The number of aliphatic hydroxyl groups is 2. The number of hydrogen-bond donors (Lipinski definition) is 3. The van der Waals surface area contributed by atoms with E-state index in [1.54, 1.807) is 0 Å². The molecule has 0 heterocycles. The first-order valence-corrected chi connectivity index (χ1v) is 25.9. The van der Waals surface area contributed by atoms with Crippen LogP contribution in [0.3, 0.4) is 0 Å². The number of hydrogen-bond acceptors (Lipinski definition) is 5. The van der Waals surface area contributed by atoms with Crippen molar-refractivity contribution in [3.63, 3.8) is 0 Å². The second-order valence-electron chi connectivity index (χ2n) is 17.9. The van der Waals surface area contributed by atoms with Gasteiger partial charge in [0.25, 0.3) is 0 Å². The summed E-state index contributed by atoms with van der Waals surface area (Å²) in [5.74, 6) is -0.0426. The van der Waals surface area contributed by atoms with Crippen LogP contribution in [0.25, 0.3) is 0 Å². The van der Waals surface area contributed by atoms with Gasteiger partial charge < -0.3 is 20.3 Å². The summed E-state index contributed by atoms with van der Waals surface area (Å²) in [4.78, 5) is 24.4. The molecule has 0 saturated carbocycles. The Labute approximate surface area is 361 Å². The summed E-state index contributed by atoms with van der Waals surface area (Å²) in [7, 11) is 0. The van der Waals surface area contributed by atoms with Crippen molar-refractivity contribution in [3.8, 4) is 0 Å². The quantitative estimate of drug-likeness (QED) is 0.0323. The predicted octanol–water partition coefficient (Wildman–Crippen LogP) is 15.3. The second kappa shape index (κ2) is 48.3. The molecule has 0 radical (unpaired) electrons. The number of nitrogens with one attached hydrogen (secondary N) is 1. The summed E-state index contributed by atoms with van der Waals surface area (Å²) in [6.45, 7) is 4.91. The Bertz CT molecular complexity index is 863. The van der Waals surface area contributed by atoms with Gasteiger partial charge in [-0.25, -0.2) is 0 Å². The maximum atomic E-state index is 12.4. The summed E-state index contributed by atoms with van der Waals surface area (Å²) >= 11 is 0. The fourth-order valence-corrected chi connectivity index (χ4v) is 8.05. The van der Waals surface area contributed by atoms with Crippen LogP contribution in [-0.2, 0) is 14.3 Å². The van der Waals surface area contributed by atoms with Crippen LogP contribution in [0.1, 0.15) is 284 Å². The van der Waals surface area contributed by atoms with Gasteiger partial charge in [-0.3, -0.25) is 9.59 Å². The number of carbonyl (C=O) groups excluding carboxylic acids is 2. The Kier molecular flexibility index (Phi) is 47.1. The molecule has 1 amide bonds. The predicted molar refractivity (Wildman–Crippen MR) is 250 cm³/mol. The van der Waals surface area contributed by atoms with Crippen molar-refractivity contribution in [1.29, 1.82) is 0 Å². The smallest absolute Gasteiger partial charge is 0.305 e. The normalized spacial score (nSPS) is 12.7. The van der Waals surface area contributed by atoms with Crippen LogP contribution in [-0.4, -0.2) is 47.4 Å². The van der Waals surface area contributed by atoms with Gasteiger partial charge in [0, 0.05) is 12.8 Å². The highest BCUT2D eigenvalue weighted by Crippen LogP contribution is 2.17. The zero-order valence-electron chi connectivity index (χ0n) is 39.0. The number of esters is 1. The highest BCUT2D eigenvalue weighted by atomic mass is 16.5. The van der Waals surface area contributed by atoms with Crippen LogP contribution < -0.4 is 5.32 Å². The number of allylic oxidation sites excluding steroid dienone is 2. The summed E-state index contributed by atoms with van der Waals surface area (Å²) in [5, 5.41) is 23.1. The van der Waals surface area contributed by atoms with Crippen LogP contribution >= 0.6 is 0 Å². The molecule has 0 aliphatic rings. The lowest BCUT2D eigenvalue weighted by Crippen LogP contribution is -2.45. The van der Waals surface area contributed by atoms with Gasteiger partial charge in [0.15, 0.2) is 0 Å². The van der Waals surface area contributed by atoms with E-state index in [-0.39, 0.29) is 18.5 Å². The molecule has 58 heavy (non-hydrogen) atoms. The molecule has 0 aromatic heterocycles. The fraction of sp³-hybridized carbons (Fsp3) is 0.923. The minimum absolute atomic E-state index is 0.00282. The first-order valence-electron chi connectivity index (χ1n) is 25.9. The summed E-state index contributed by atoms with van der Waals surface area (Å²) in [5.41, 5.74) is 0. The number of amides is 1. The standard InChI is InChI=1S/C52H101NO5/c1-3-5-7-9-11-13-15-26-30-34-38-42-46-52(57)58-47-43-39-35-31-27-23-21-19-17-16-18-20-22-25-29-33-37-41-45-51(56)53-49(48-54)50(55)44-40-36-32-28-24-14-12-10-8-6-4-2/h11,13,49-50,54-55H,3-10,12,14-48H2,1-2H3,(H,53,56)/b13-11-. The number of ether oxygens (including phenoxy) is 1. The molecule has 6 nitrogen and oxygen atoms in total. The van der Waals surface area contributed by atoms with Gasteiger partial charge in [0.05, 0.1) is 25.4 Å². The van der Waals surface area contributed by atoms with E-state index >= 15 is 0 Å². The van der Waals surface area contributed by atoms with Gasteiger partial charge in [-0.05, 0) is 51.4 Å². The lowest BCUT2D eigenvalue weighted by atomic mass is 10.0. The summed E-state index contributed by atoms with van der Waals surface area (Å²) in [6.07, 6.45) is 54.7. The molecular weight excluding hydrogens is 719 g/mol. The highest BCUT2D eigenvalue weighted by molar-refractivity contribution is 5.76. The van der Waals surface area contributed by atoms with Crippen molar-refractivity contribution in [1.82, 2.24) is 5.32 Å². The molecule has 0 saturated heterocycles. The summed E-state index contributed by atoms with van der Waals surface area (Å²) in [6, 6.07) is -0.542. The van der Waals surface area contributed by atoms with Crippen molar-refractivity contribution >= 4 is 11.9 Å². The molecule has 0 bridgehead atoms. The van der Waals surface area contributed by atoms with Crippen LogP contribution in [0.4, 0.5) is 0 Å². The molecule has 0 aromatic carbocycles. The number of aliphatic hydroxyl groups excluding tert-OH is 2. The van der Waals surface area contributed by atoms with Gasteiger partial charge >= 0.3 is 5.97 Å². The Morgan fingerprint density at radius 1 is 0.466 bits per heavy atom. The zero-order valence-corrected chi connectivity index (χ0v) is 39.0. The Balaban J connectivity index is 3.39. The van der Waals surface area contributed by atoms with E-state index < -0.39 is 12.1 Å². The zero-order chi connectivity index (χ0) is 42.3. The molecule has 344 valence electrons. The van der Waals surface area contributed by atoms with Crippen molar-refractivity contribution in [2.24, 2.45) is 0 Å². The Morgan fingerprint density at radius 2 is 0.810 bits per heavy atom. The van der Waals surface area contributed by atoms with Crippen LogP contribution in [0, 0.1) is 0 Å². The first kappa shape index (κ1) is 56.6. The highest BCUT2D eigenvalue weighted by Gasteiger charge is 2.20. The SMILES string of the molecule is CCCCC/C=C\CCCCCCCC(=O)OCCCCCCCCCCCCCCCCCCCCC(=O)NC(CO)C(O)CCCCCCCCCCCCC. The molecule has 0 fully saturated rings. The Hall–Kier alpha value is -1.40. The number of unbranched alkanes of at least 4 members (excludes halogenated alkanes) is 35. The maximum Gasteiger partial charge on any atom is 0.305 e. The van der Waals surface area contributed by atoms with E-state index in [0.717, 1.165) is 44.9 Å². The van der Waals surface area contributed by atoms with Crippen LogP contribution in [0.15, 0.2) is 12.2 Å². The third-order valence-electron chi connectivity index (χ3n) is 12.1. The van der Waals surface area contributed by atoms with Gasteiger partial charge in [-0.15, -0.1) is 0 Å². The molecule has 3 N–H and O–H groups in total. The van der Waals surface area contributed by atoms with E-state index in [4.69, 9.17) is 4.74 Å². The monoisotopic (exact) mass is 820 g/mol. The van der Waals surface area contributed by atoms with E-state index in [9.17, 15) is 19.8 Å². The molecule has 6 heteroatoms. The largest absolute Gasteiger partial charge is 0.466 e. The van der Waals surface area contributed by atoms with Crippen LogP contribution in [0.2, 0.25) is 0 Å². The third-order valence-corrected chi connectivity index (χ3v) is 12.1. The van der Waals surface area contributed by atoms with Gasteiger partial charge in [0.2, 0.25) is 5.91 Å². The molecule has 0 aromatic rings. The molecule has 0 spiro atoms. The topological polar surface area (TPSA) is 95.9 Å². The minimum atomic E-state index is -0.664. The molecule has 2 atom stereocenters. The lowest BCUT2D eigenvalue weighted by Gasteiger charge is -2.22. The average Bonchev–Trinajstić information content (AvgIpc) is 3.22. The van der Waals surface area contributed by atoms with E-state index in [1.165, 1.54) is 205 Å². The van der Waals surface area contributed by atoms with Crippen molar-refractivity contribution in [3.05, 3.63) is 12.2 Å². The lowest BCUT2D eigenvalue weighted by molar-refractivity contribution is -0.143. The van der Waals surface area contributed by atoms with Crippen molar-refractivity contribution in [2.75, 3.05) is 13.2 Å². The van der Waals surface area contributed by atoms with Crippen molar-refractivity contribution in [2.45, 2.75) is 296 Å². The first-order chi connectivity index (χ1) is 28.5. The number of rotatable bonds is 48. The Morgan fingerprint density at radius 3 is 1.26 bits per heavy atom. The number of carbonyl (C=O) groups is 2. The third kappa shape index (κ3) is 44.2. The summed E-state index contributed by atoms with van der Waals surface area (Å²) < 4.78 is 5.45. The van der Waals surface area contributed by atoms with Gasteiger partial charge in [0.1, 0.15) is 0 Å². The van der Waals surface area contributed by atoms with Gasteiger partial charge in [-0.1, -0.05) is 231 Å². The average molecular weight is 820 g/mol. The molecule has 0 rings (SSSR count). The molecule has 2 unspecified atom stereocenters. The van der Waals surface area contributed by atoms with Gasteiger partial charge in [-0.2, -0.15) is 0 Å². The van der Waals surface area contributed by atoms with E-state index in [0.29, 0.717) is 25.9 Å². The second-order valence-corrected chi connectivity index (χ2v) is 17.9. The van der Waals surface area contributed by atoms with Crippen LogP contribution in [0.5, 0.6) is 0 Å². The molecular formula is C52H101NO5. The van der Waals surface area contributed by atoms with E-state index in [2.05, 4.69) is 31.3 Å². The fourth-order valence-electron chi connectivity index (χ4n) is 8.05. The maximum absolute atomic E-state index is 12.4.